The number of halogens is 1. The second-order valence-electron chi connectivity index (χ2n) is 7.41. The number of hydrogen-bond donors (Lipinski definition) is 1. The van der Waals surface area contributed by atoms with Gasteiger partial charge < -0.3 is 19.7 Å². The minimum absolute atomic E-state index is 0.0839. The number of amides is 2. The number of rotatable bonds is 8. The highest BCUT2D eigenvalue weighted by atomic mass is 19.1. The van der Waals surface area contributed by atoms with E-state index in [1.165, 1.54) is 12.1 Å². The van der Waals surface area contributed by atoms with Gasteiger partial charge in [0, 0.05) is 31.9 Å². The molecule has 3 rings (SSSR count). The molecule has 2 amide bonds. The Morgan fingerprint density at radius 3 is 2.56 bits per heavy atom. The SMILES string of the molecule is C/C=C/c1ccc(OCC(=O)N2CCN(CC(=O)Nc3cccc(F)c3)CC2)c(OC)c1. The molecule has 0 saturated carbocycles. The van der Waals surface area contributed by atoms with E-state index >= 15 is 0 Å². The zero-order valence-corrected chi connectivity index (χ0v) is 18.3. The van der Waals surface area contributed by atoms with Crippen molar-refractivity contribution >= 4 is 23.6 Å². The molecule has 1 saturated heterocycles. The highest BCUT2D eigenvalue weighted by Gasteiger charge is 2.23. The van der Waals surface area contributed by atoms with E-state index in [-0.39, 0.29) is 25.0 Å². The molecule has 0 aromatic heterocycles. The standard InChI is InChI=1S/C24H28FN3O4/c1-3-5-18-8-9-21(22(14-18)31-2)32-17-24(30)28-12-10-27(11-13-28)16-23(29)26-20-7-4-6-19(25)15-20/h3-9,14-15H,10-13,16-17H2,1-2H3,(H,26,29)/b5-3+. The number of hydrogen-bond acceptors (Lipinski definition) is 5. The fourth-order valence-electron chi connectivity index (χ4n) is 3.46. The Labute approximate surface area is 187 Å². The highest BCUT2D eigenvalue weighted by Crippen LogP contribution is 2.28. The molecule has 2 aromatic rings. The first-order chi connectivity index (χ1) is 15.5. The van der Waals surface area contributed by atoms with Crippen molar-refractivity contribution in [2.24, 2.45) is 0 Å². The van der Waals surface area contributed by atoms with Crippen molar-refractivity contribution in [1.82, 2.24) is 9.80 Å². The Kier molecular flexibility index (Phi) is 8.21. The molecule has 8 heteroatoms. The van der Waals surface area contributed by atoms with Gasteiger partial charge in [0.2, 0.25) is 5.91 Å². The number of ether oxygens (including phenoxy) is 2. The van der Waals surface area contributed by atoms with E-state index in [9.17, 15) is 14.0 Å². The largest absolute Gasteiger partial charge is 0.493 e. The van der Waals surface area contributed by atoms with Crippen LogP contribution in [0.15, 0.2) is 48.5 Å². The molecule has 0 atom stereocenters. The molecule has 32 heavy (non-hydrogen) atoms. The summed E-state index contributed by atoms with van der Waals surface area (Å²) in [6.45, 7) is 4.20. The molecule has 0 bridgehead atoms. The third kappa shape index (κ3) is 6.55. The van der Waals surface area contributed by atoms with Gasteiger partial charge in [-0.2, -0.15) is 0 Å². The van der Waals surface area contributed by atoms with Crippen LogP contribution in [0.1, 0.15) is 12.5 Å². The van der Waals surface area contributed by atoms with Crippen molar-refractivity contribution in [2.75, 3.05) is 51.8 Å². The van der Waals surface area contributed by atoms with Crippen molar-refractivity contribution < 1.29 is 23.5 Å². The van der Waals surface area contributed by atoms with Gasteiger partial charge in [0.25, 0.3) is 5.91 Å². The summed E-state index contributed by atoms with van der Waals surface area (Å²) in [6.07, 6.45) is 3.89. The number of carbonyl (C=O) groups is 2. The summed E-state index contributed by atoms with van der Waals surface area (Å²) in [5.41, 5.74) is 1.41. The van der Waals surface area contributed by atoms with Crippen molar-refractivity contribution in [3.63, 3.8) is 0 Å². The Morgan fingerprint density at radius 2 is 1.88 bits per heavy atom. The fraction of sp³-hybridized carbons (Fsp3) is 0.333. The molecule has 2 aromatic carbocycles. The maximum absolute atomic E-state index is 13.2. The number of benzene rings is 2. The Bertz CT molecular complexity index is 971. The third-order valence-corrected chi connectivity index (χ3v) is 5.10. The van der Waals surface area contributed by atoms with Gasteiger partial charge >= 0.3 is 0 Å². The highest BCUT2D eigenvalue weighted by molar-refractivity contribution is 5.92. The normalized spacial score (nSPS) is 14.4. The van der Waals surface area contributed by atoms with Crippen LogP contribution in [0.4, 0.5) is 10.1 Å². The number of anilines is 1. The topological polar surface area (TPSA) is 71.1 Å². The predicted molar refractivity (Wildman–Crippen MR) is 121 cm³/mol. The summed E-state index contributed by atoms with van der Waals surface area (Å²) >= 11 is 0. The van der Waals surface area contributed by atoms with Crippen molar-refractivity contribution in [1.29, 1.82) is 0 Å². The molecule has 170 valence electrons. The van der Waals surface area contributed by atoms with Crippen molar-refractivity contribution in [3.8, 4) is 11.5 Å². The zero-order valence-electron chi connectivity index (χ0n) is 18.3. The molecule has 1 aliphatic rings. The van der Waals surface area contributed by atoms with Crippen LogP contribution in [-0.4, -0.2) is 68.1 Å². The van der Waals surface area contributed by atoms with E-state index in [1.54, 1.807) is 30.2 Å². The van der Waals surface area contributed by atoms with Crippen LogP contribution < -0.4 is 14.8 Å². The van der Waals surface area contributed by atoms with E-state index in [0.717, 1.165) is 5.56 Å². The first-order valence-corrected chi connectivity index (χ1v) is 10.5. The van der Waals surface area contributed by atoms with E-state index in [2.05, 4.69) is 5.32 Å². The number of carbonyl (C=O) groups excluding carboxylic acids is 2. The summed E-state index contributed by atoms with van der Waals surface area (Å²) in [4.78, 5) is 28.4. The molecule has 1 aliphatic heterocycles. The first-order valence-electron chi connectivity index (χ1n) is 10.5. The molecule has 1 heterocycles. The van der Waals surface area contributed by atoms with Gasteiger partial charge in [-0.25, -0.2) is 4.39 Å². The Balaban J connectivity index is 1.44. The minimum Gasteiger partial charge on any atom is -0.493 e. The number of piperazine rings is 1. The minimum atomic E-state index is -0.400. The number of nitrogens with zero attached hydrogens (tertiary/aromatic N) is 2. The van der Waals surface area contributed by atoms with E-state index in [4.69, 9.17) is 9.47 Å². The van der Waals surface area contributed by atoms with Crippen LogP contribution >= 0.6 is 0 Å². The van der Waals surface area contributed by atoms with E-state index < -0.39 is 5.82 Å². The summed E-state index contributed by atoms with van der Waals surface area (Å²) in [7, 11) is 1.56. The van der Waals surface area contributed by atoms with Gasteiger partial charge in [-0.3, -0.25) is 14.5 Å². The molecule has 0 unspecified atom stereocenters. The van der Waals surface area contributed by atoms with Gasteiger partial charge in [0.05, 0.1) is 13.7 Å². The van der Waals surface area contributed by atoms with Gasteiger partial charge in [0.1, 0.15) is 5.82 Å². The number of methoxy groups -OCH3 is 1. The second kappa shape index (κ2) is 11.3. The summed E-state index contributed by atoms with van der Waals surface area (Å²) < 4.78 is 24.3. The van der Waals surface area contributed by atoms with Crippen LogP contribution in [0, 0.1) is 5.82 Å². The van der Waals surface area contributed by atoms with Crippen LogP contribution in [0.25, 0.3) is 6.08 Å². The number of nitrogens with one attached hydrogen (secondary N) is 1. The lowest BCUT2D eigenvalue weighted by atomic mass is 10.2. The monoisotopic (exact) mass is 441 g/mol. The maximum atomic E-state index is 13.2. The van der Waals surface area contributed by atoms with E-state index in [0.29, 0.717) is 43.4 Å². The lowest BCUT2D eigenvalue weighted by Crippen LogP contribution is -2.51. The third-order valence-electron chi connectivity index (χ3n) is 5.10. The van der Waals surface area contributed by atoms with Crippen molar-refractivity contribution in [3.05, 3.63) is 59.9 Å². The predicted octanol–water partition coefficient (Wildman–Crippen LogP) is 3.03. The zero-order chi connectivity index (χ0) is 22.9. The maximum Gasteiger partial charge on any atom is 0.260 e. The molecule has 0 spiro atoms. The Morgan fingerprint density at radius 1 is 1.09 bits per heavy atom. The summed E-state index contributed by atoms with van der Waals surface area (Å²) in [5.74, 6) is 0.355. The average Bonchev–Trinajstić information content (AvgIpc) is 2.78. The van der Waals surface area contributed by atoms with Crippen LogP contribution in [-0.2, 0) is 9.59 Å². The summed E-state index contributed by atoms with van der Waals surface area (Å²) in [5, 5.41) is 2.69. The van der Waals surface area contributed by atoms with Gasteiger partial charge in [-0.05, 0) is 42.8 Å². The van der Waals surface area contributed by atoms with Gasteiger partial charge in [-0.15, -0.1) is 0 Å². The molecular formula is C24H28FN3O4. The van der Waals surface area contributed by atoms with E-state index in [1.807, 2.05) is 36.1 Å². The molecule has 1 fully saturated rings. The smallest absolute Gasteiger partial charge is 0.260 e. The van der Waals surface area contributed by atoms with Crippen LogP contribution in [0.2, 0.25) is 0 Å². The molecule has 7 nitrogen and oxygen atoms in total. The molecule has 0 aliphatic carbocycles. The molecular weight excluding hydrogens is 413 g/mol. The van der Waals surface area contributed by atoms with Gasteiger partial charge in [-0.1, -0.05) is 24.3 Å². The second-order valence-corrected chi connectivity index (χ2v) is 7.41. The average molecular weight is 442 g/mol. The lowest BCUT2D eigenvalue weighted by Gasteiger charge is -2.34. The van der Waals surface area contributed by atoms with Gasteiger partial charge in [0.15, 0.2) is 18.1 Å². The lowest BCUT2D eigenvalue weighted by molar-refractivity contribution is -0.135. The Hall–Kier alpha value is -3.39. The summed E-state index contributed by atoms with van der Waals surface area (Å²) in [6, 6.07) is 11.3. The quantitative estimate of drug-likeness (QED) is 0.682. The van der Waals surface area contributed by atoms with Crippen LogP contribution in [0.5, 0.6) is 11.5 Å². The fourth-order valence-corrected chi connectivity index (χ4v) is 3.46. The molecule has 1 N–H and O–H groups in total. The number of allylic oxidation sites excluding steroid dienone is 1. The van der Waals surface area contributed by atoms with Crippen LogP contribution in [0.3, 0.4) is 0 Å². The first kappa shape index (κ1) is 23.3. The van der Waals surface area contributed by atoms with Crippen molar-refractivity contribution in [2.45, 2.75) is 6.92 Å². The molecule has 0 radical (unpaired) electrons.